The van der Waals surface area contributed by atoms with Crippen molar-refractivity contribution in [1.82, 2.24) is 9.80 Å². The standard InChI is InChI=1S/C17H24N2O4/c1-18-8-3-6-17(11-20)7-9-19(10-14(17)18)16(23)15-12(21)4-2-5-13(15)22/h2,4-5,14,20-22H,3,6-11H2,1H3/t14-,17-/m1/s1. The van der Waals surface area contributed by atoms with E-state index in [-0.39, 0.29) is 41.0 Å². The summed E-state index contributed by atoms with van der Waals surface area (Å²) in [5.74, 6) is -0.761. The summed E-state index contributed by atoms with van der Waals surface area (Å²) in [4.78, 5) is 16.6. The molecule has 0 bridgehead atoms. The molecule has 0 saturated carbocycles. The van der Waals surface area contributed by atoms with Crippen LogP contribution in [-0.2, 0) is 0 Å². The third-order valence-electron chi connectivity index (χ3n) is 5.53. The summed E-state index contributed by atoms with van der Waals surface area (Å²) in [6.45, 7) is 2.11. The van der Waals surface area contributed by atoms with Crippen LogP contribution in [0.5, 0.6) is 11.5 Å². The van der Waals surface area contributed by atoms with Gasteiger partial charge in [-0.2, -0.15) is 0 Å². The van der Waals surface area contributed by atoms with Gasteiger partial charge < -0.3 is 25.1 Å². The fourth-order valence-electron chi connectivity index (χ4n) is 4.11. The van der Waals surface area contributed by atoms with E-state index in [1.807, 2.05) is 7.05 Å². The number of phenolic OH excluding ortho intramolecular Hbond substituents is 2. The zero-order chi connectivity index (χ0) is 16.6. The maximum Gasteiger partial charge on any atom is 0.261 e. The van der Waals surface area contributed by atoms with Crippen LogP contribution in [0.15, 0.2) is 18.2 Å². The number of amides is 1. The number of likely N-dealkylation sites (N-methyl/N-ethyl adjacent to an activating group) is 1. The van der Waals surface area contributed by atoms with E-state index in [9.17, 15) is 20.1 Å². The van der Waals surface area contributed by atoms with Crippen molar-refractivity contribution >= 4 is 5.91 Å². The van der Waals surface area contributed by atoms with Gasteiger partial charge in [0.25, 0.3) is 5.91 Å². The molecule has 2 saturated heterocycles. The van der Waals surface area contributed by atoms with Gasteiger partial charge in [0.15, 0.2) is 0 Å². The average molecular weight is 320 g/mol. The van der Waals surface area contributed by atoms with Gasteiger partial charge in [0.1, 0.15) is 17.1 Å². The molecule has 3 N–H and O–H groups in total. The maximum atomic E-state index is 12.7. The van der Waals surface area contributed by atoms with Gasteiger partial charge in [0, 0.05) is 24.5 Å². The minimum atomic E-state index is -0.355. The van der Waals surface area contributed by atoms with Crippen molar-refractivity contribution < 1.29 is 20.1 Å². The number of benzene rings is 1. The van der Waals surface area contributed by atoms with Crippen LogP contribution in [-0.4, -0.2) is 70.4 Å². The molecule has 1 amide bonds. The number of aromatic hydroxyl groups is 2. The second-order valence-electron chi connectivity index (χ2n) is 6.79. The summed E-state index contributed by atoms with van der Waals surface area (Å²) in [6.07, 6.45) is 2.77. The van der Waals surface area contributed by atoms with Crippen molar-refractivity contribution in [3.8, 4) is 11.5 Å². The first kappa shape index (κ1) is 16.1. The monoisotopic (exact) mass is 320 g/mol. The molecule has 1 aromatic carbocycles. The van der Waals surface area contributed by atoms with Gasteiger partial charge in [-0.05, 0) is 45.0 Å². The number of aliphatic hydroxyl groups is 1. The molecule has 126 valence electrons. The van der Waals surface area contributed by atoms with E-state index in [0.717, 1.165) is 25.8 Å². The van der Waals surface area contributed by atoms with Crippen LogP contribution in [0, 0.1) is 5.41 Å². The molecule has 0 spiro atoms. The summed E-state index contributed by atoms with van der Waals surface area (Å²) in [5.41, 5.74) is -0.188. The Morgan fingerprint density at radius 3 is 2.61 bits per heavy atom. The Balaban J connectivity index is 1.85. The molecular formula is C17H24N2O4. The van der Waals surface area contributed by atoms with Gasteiger partial charge in [-0.25, -0.2) is 0 Å². The molecule has 23 heavy (non-hydrogen) atoms. The summed E-state index contributed by atoms with van der Waals surface area (Å²) in [7, 11) is 2.03. The first-order valence-electron chi connectivity index (χ1n) is 8.10. The second-order valence-corrected chi connectivity index (χ2v) is 6.79. The van der Waals surface area contributed by atoms with Crippen LogP contribution in [0.1, 0.15) is 29.6 Å². The van der Waals surface area contributed by atoms with E-state index in [0.29, 0.717) is 13.1 Å². The van der Waals surface area contributed by atoms with Crippen molar-refractivity contribution in [3.05, 3.63) is 23.8 Å². The molecule has 2 atom stereocenters. The van der Waals surface area contributed by atoms with E-state index in [1.165, 1.54) is 18.2 Å². The molecule has 2 aliphatic rings. The molecule has 3 rings (SSSR count). The molecule has 6 nitrogen and oxygen atoms in total. The Bertz CT molecular complexity index is 586. The Hall–Kier alpha value is -1.79. The number of aliphatic hydroxyl groups excluding tert-OH is 1. The zero-order valence-corrected chi connectivity index (χ0v) is 13.4. The van der Waals surface area contributed by atoms with E-state index in [1.54, 1.807) is 4.90 Å². The first-order valence-corrected chi connectivity index (χ1v) is 8.10. The molecule has 2 heterocycles. The van der Waals surface area contributed by atoms with E-state index in [4.69, 9.17) is 0 Å². The van der Waals surface area contributed by atoms with Crippen molar-refractivity contribution in [3.63, 3.8) is 0 Å². The van der Waals surface area contributed by atoms with Crippen molar-refractivity contribution in [2.45, 2.75) is 25.3 Å². The van der Waals surface area contributed by atoms with E-state index >= 15 is 0 Å². The van der Waals surface area contributed by atoms with Gasteiger partial charge >= 0.3 is 0 Å². The fraction of sp³-hybridized carbons (Fsp3) is 0.588. The largest absolute Gasteiger partial charge is 0.507 e. The lowest BCUT2D eigenvalue weighted by molar-refractivity contribution is -0.0602. The number of likely N-dealkylation sites (tertiary alicyclic amines) is 2. The lowest BCUT2D eigenvalue weighted by Gasteiger charge is -2.53. The number of fused-ring (bicyclic) bond motifs is 1. The summed E-state index contributed by atoms with van der Waals surface area (Å²) in [6, 6.07) is 4.42. The Morgan fingerprint density at radius 1 is 1.26 bits per heavy atom. The lowest BCUT2D eigenvalue weighted by Crippen LogP contribution is -2.62. The van der Waals surface area contributed by atoms with Crippen LogP contribution in [0.2, 0.25) is 0 Å². The van der Waals surface area contributed by atoms with E-state index in [2.05, 4.69) is 4.90 Å². The molecule has 1 aromatic rings. The van der Waals surface area contributed by atoms with Crippen LogP contribution in [0.4, 0.5) is 0 Å². The Labute approximate surface area is 135 Å². The normalized spacial score (nSPS) is 28.4. The highest BCUT2D eigenvalue weighted by Crippen LogP contribution is 2.42. The number of hydrogen-bond acceptors (Lipinski definition) is 5. The van der Waals surface area contributed by atoms with Gasteiger partial charge in [0.2, 0.25) is 0 Å². The van der Waals surface area contributed by atoms with Crippen molar-refractivity contribution in [2.24, 2.45) is 5.41 Å². The minimum Gasteiger partial charge on any atom is -0.507 e. The maximum absolute atomic E-state index is 12.7. The van der Waals surface area contributed by atoms with Gasteiger partial charge in [0.05, 0.1) is 6.61 Å². The molecule has 2 fully saturated rings. The number of phenols is 2. The summed E-state index contributed by atoms with van der Waals surface area (Å²) < 4.78 is 0. The fourth-order valence-corrected chi connectivity index (χ4v) is 4.11. The highest BCUT2D eigenvalue weighted by molar-refractivity contribution is 5.99. The van der Waals surface area contributed by atoms with Crippen molar-refractivity contribution in [1.29, 1.82) is 0 Å². The molecule has 0 aromatic heterocycles. The Morgan fingerprint density at radius 2 is 1.96 bits per heavy atom. The topological polar surface area (TPSA) is 84.2 Å². The molecular weight excluding hydrogens is 296 g/mol. The van der Waals surface area contributed by atoms with Crippen molar-refractivity contribution in [2.75, 3.05) is 33.3 Å². The lowest BCUT2D eigenvalue weighted by atomic mass is 9.69. The van der Waals surface area contributed by atoms with Crippen LogP contribution >= 0.6 is 0 Å². The average Bonchev–Trinajstić information content (AvgIpc) is 2.54. The van der Waals surface area contributed by atoms with Crippen LogP contribution < -0.4 is 0 Å². The quantitative estimate of drug-likeness (QED) is 0.757. The number of carbonyl (C=O) groups is 1. The smallest absolute Gasteiger partial charge is 0.261 e. The third-order valence-corrected chi connectivity index (χ3v) is 5.53. The van der Waals surface area contributed by atoms with Crippen LogP contribution in [0.25, 0.3) is 0 Å². The number of carbonyl (C=O) groups excluding carboxylic acids is 1. The number of hydrogen-bond donors (Lipinski definition) is 3. The highest BCUT2D eigenvalue weighted by atomic mass is 16.3. The van der Waals surface area contributed by atoms with Gasteiger partial charge in [-0.1, -0.05) is 6.07 Å². The molecule has 0 radical (unpaired) electrons. The Kier molecular flexibility index (Phi) is 4.21. The minimum absolute atomic E-state index is 0.0394. The van der Waals surface area contributed by atoms with Gasteiger partial charge in [-0.3, -0.25) is 4.79 Å². The first-order chi connectivity index (χ1) is 11.0. The number of piperidine rings is 2. The van der Waals surface area contributed by atoms with E-state index < -0.39 is 0 Å². The number of nitrogens with zero attached hydrogens (tertiary/aromatic N) is 2. The molecule has 0 aliphatic carbocycles. The van der Waals surface area contributed by atoms with Crippen LogP contribution in [0.3, 0.4) is 0 Å². The SMILES string of the molecule is CN1CCC[C@]2(CO)CCN(C(=O)c3c(O)cccc3O)C[C@@H]12. The molecule has 6 heteroatoms. The zero-order valence-electron chi connectivity index (χ0n) is 13.4. The second kappa shape index (κ2) is 6.02. The van der Waals surface area contributed by atoms with Gasteiger partial charge in [-0.15, -0.1) is 0 Å². The predicted octanol–water partition coefficient (Wildman–Crippen LogP) is 1.02. The highest BCUT2D eigenvalue weighted by Gasteiger charge is 2.47. The molecule has 2 aliphatic heterocycles. The summed E-state index contributed by atoms with van der Waals surface area (Å²) in [5, 5.41) is 29.7. The molecule has 0 unspecified atom stereocenters. The third kappa shape index (κ3) is 2.66. The number of rotatable bonds is 2. The summed E-state index contributed by atoms with van der Waals surface area (Å²) >= 11 is 0. The predicted molar refractivity (Wildman–Crippen MR) is 85.5 cm³/mol.